The van der Waals surface area contributed by atoms with E-state index in [0.717, 1.165) is 31.7 Å². The Balaban J connectivity index is 1.38. The molecule has 4 aromatic rings. The number of pyridine rings is 2. The highest BCUT2D eigenvalue weighted by Crippen LogP contribution is 2.40. The fourth-order valence-electron chi connectivity index (χ4n) is 4.96. The lowest BCUT2D eigenvalue weighted by atomic mass is 9.78. The Kier molecular flexibility index (Phi) is 7.54. The second kappa shape index (κ2) is 11.3. The number of para-hydroxylation sites is 1. The Bertz CT molecular complexity index is 1230. The van der Waals surface area contributed by atoms with Gasteiger partial charge in [-0.1, -0.05) is 60.7 Å². The van der Waals surface area contributed by atoms with E-state index < -0.39 is 11.6 Å². The van der Waals surface area contributed by atoms with Crippen molar-refractivity contribution in [1.82, 2.24) is 20.2 Å². The minimum atomic E-state index is -1.58. The molecule has 0 aliphatic carbocycles. The molecule has 2 aromatic heterocycles. The van der Waals surface area contributed by atoms with Gasteiger partial charge in [0.25, 0.3) is 0 Å². The Morgan fingerprint density at radius 1 is 0.811 bits per heavy atom. The van der Waals surface area contributed by atoms with Gasteiger partial charge in [-0.25, -0.2) is 0 Å². The normalized spacial score (nSPS) is 15.2. The molecule has 1 fully saturated rings. The molecule has 0 saturated carbocycles. The van der Waals surface area contributed by atoms with Crippen LogP contribution in [-0.2, 0) is 10.4 Å². The lowest BCUT2D eigenvalue weighted by Gasteiger charge is -2.39. The molecule has 1 atom stereocenters. The van der Waals surface area contributed by atoms with Crippen molar-refractivity contribution < 1.29 is 9.90 Å². The number of aliphatic hydroxyl groups is 1. The number of benzene rings is 2. The van der Waals surface area contributed by atoms with E-state index in [1.165, 1.54) is 5.69 Å². The molecule has 1 saturated heterocycles. The molecule has 0 radical (unpaired) electrons. The number of aromatic nitrogens is 2. The van der Waals surface area contributed by atoms with Gasteiger partial charge in [0.2, 0.25) is 5.91 Å². The smallest absolute Gasteiger partial charge is 0.234 e. The van der Waals surface area contributed by atoms with Crippen LogP contribution < -0.4 is 10.2 Å². The molecule has 3 heterocycles. The molecule has 1 amide bonds. The molecular formula is C30H31N5O2. The van der Waals surface area contributed by atoms with Gasteiger partial charge in [0, 0.05) is 67.8 Å². The Hall–Kier alpha value is -4.07. The molecule has 2 aromatic carbocycles. The Morgan fingerprint density at radius 3 is 1.92 bits per heavy atom. The molecule has 37 heavy (non-hydrogen) atoms. The number of hydrogen-bond acceptors (Lipinski definition) is 6. The number of rotatable bonds is 8. The summed E-state index contributed by atoms with van der Waals surface area (Å²) in [5.74, 6) is -0.145. The minimum Gasteiger partial charge on any atom is -0.378 e. The van der Waals surface area contributed by atoms with Crippen molar-refractivity contribution in [2.45, 2.75) is 11.6 Å². The van der Waals surface area contributed by atoms with Crippen LogP contribution in [0.3, 0.4) is 0 Å². The van der Waals surface area contributed by atoms with Gasteiger partial charge in [0.1, 0.15) is 5.60 Å². The van der Waals surface area contributed by atoms with Crippen molar-refractivity contribution in [3.8, 4) is 0 Å². The van der Waals surface area contributed by atoms with Crippen molar-refractivity contribution in [2.24, 2.45) is 0 Å². The Labute approximate surface area is 217 Å². The van der Waals surface area contributed by atoms with E-state index >= 15 is 0 Å². The first kappa shape index (κ1) is 24.6. The maximum absolute atomic E-state index is 13.4. The lowest BCUT2D eigenvalue weighted by Crippen LogP contribution is -2.52. The zero-order valence-corrected chi connectivity index (χ0v) is 20.6. The number of nitrogens with zero attached hydrogens (tertiary/aromatic N) is 4. The molecule has 0 bridgehead atoms. The quantitative estimate of drug-likeness (QED) is 0.392. The van der Waals surface area contributed by atoms with Crippen molar-refractivity contribution >= 4 is 11.6 Å². The largest absolute Gasteiger partial charge is 0.378 e. The van der Waals surface area contributed by atoms with E-state index in [0.29, 0.717) is 11.1 Å². The van der Waals surface area contributed by atoms with Crippen LogP contribution in [0.25, 0.3) is 0 Å². The maximum Gasteiger partial charge on any atom is 0.234 e. The standard InChI is InChI=1S/C30H31N5O2/c36-28(23-34-17-19-35(20-18-34)27-13-5-2-6-14-27)33-29(24-9-3-1-4-10-24)30(37,25-11-7-15-31-21-25)26-12-8-16-32-22-26/h1-16,21-22,29,37H,17-20,23H2,(H,33,36)/t29-/m1/s1. The van der Waals surface area contributed by atoms with Gasteiger partial charge in [-0.3, -0.25) is 19.7 Å². The van der Waals surface area contributed by atoms with Crippen molar-refractivity contribution in [3.63, 3.8) is 0 Å². The molecule has 188 valence electrons. The van der Waals surface area contributed by atoms with Gasteiger partial charge in [-0.05, 0) is 29.8 Å². The fourth-order valence-corrected chi connectivity index (χ4v) is 4.96. The van der Waals surface area contributed by atoms with Gasteiger partial charge < -0.3 is 15.3 Å². The third kappa shape index (κ3) is 5.53. The number of nitrogens with one attached hydrogen (secondary N) is 1. The van der Waals surface area contributed by atoms with Crippen molar-refractivity contribution in [2.75, 3.05) is 37.6 Å². The van der Waals surface area contributed by atoms with E-state index in [1.54, 1.807) is 36.9 Å². The highest BCUT2D eigenvalue weighted by Gasteiger charge is 2.43. The molecule has 0 spiro atoms. The van der Waals surface area contributed by atoms with Crippen LogP contribution in [0.1, 0.15) is 22.7 Å². The molecule has 5 rings (SSSR count). The van der Waals surface area contributed by atoms with Crippen LogP contribution in [0.4, 0.5) is 5.69 Å². The second-order valence-electron chi connectivity index (χ2n) is 9.26. The third-order valence-electron chi connectivity index (χ3n) is 6.92. The summed E-state index contributed by atoms with van der Waals surface area (Å²) < 4.78 is 0. The summed E-state index contributed by atoms with van der Waals surface area (Å²) in [5, 5.41) is 15.5. The average molecular weight is 494 g/mol. The predicted molar refractivity (Wildman–Crippen MR) is 144 cm³/mol. The number of anilines is 1. The SMILES string of the molecule is O=C(CN1CCN(c2ccccc2)CC1)N[C@H](c1ccccc1)C(O)(c1cccnc1)c1cccnc1. The minimum absolute atomic E-state index is 0.145. The van der Waals surface area contributed by atoms with Crippen molar-refractivity contribution in [3.05, 3.63) is 126 Å². The molecule has 0 unspecified atom stereocenters. The lowest BCUT2D eigenvalue weighted by molar-refractivity contribution is -0.125. The number of piperazine rings is 1. The van der Waals surface area contributed by atoms with E-state index in [1.807, 2.05) is 60.7 Å². The molecular weight excluding hydrogens is 462 g/mol. The monoisotopic (exact) mass is 493 g/mol. The molecule has 1 aliphatic rings. The average Bonchev–Trinajstić information content (AvgIpc) is 2.98. The summed E-state index contributed by atoms with van der Waals surface area (Å²) in [6.45, 7) is 3.53. The predicted octanol–water partition coefficient (Wildman–Crippen LogP) is 3.39. The summed E-state index contributed by atoms with van der Waals surface area (Å²) in [7, 11) is 0. The summed E-state index contributed by atoms with van der Waals surface area (Å²) in [4.78, 5) is 26.4. The number of carbonyl (C=O) groups excluding carboxylic acids is 1. The van der Waals surface area contributed by atoms with Crippen LogP contribution in [-0.4, -0.2) is 58.6 Å². The van der Waals surface area contributed by atoms with E-state index in [9.17, 15) is 9.90 Å². The summed E-state index contributed by atoms with van der Waals surface area (Å²) in [6, 6.07) is 26.4. The van der Waals surface area contributed by atoms with Gasteiger partial charge in [0.05, 0.1) is 12.6 Å². The first-order chi connectivity index (χ1) is 18.1. The zero-order valence-electron chi connectivity index (χ0n) is 20.6. The van der Waals surface area contributed by atoms with E-state index in [-0.39, 0.29) is 12.5 Å². The first-order valence-electron chi connectivity index (χ1n) is 12.5. The molecule has 2 N–H and O–H groups in total. The number of hydrogen-bond donors (Lipinski definition) is 2. The second-order valence-corrected chi connectivity index (χ2v) is 9.26. The van der Waals surface area contributed by atoms with Gasteiger partial charge in [-0.2, -0.15) is 0 Å². The van der Waals surface area contributed by atoms with Gasteiger partial charge in [-0.15, -0.1) is 0 Å². The van der Waals surface area contributed by atoms with Crippen LogP contribution >= 0.6 is 0 Å². The van der Waals surface area contributed by atoms with Crippen molar-refractivity contribution in [1.29, 1.82) is 0 Å². The maximum atomic E-state index is 13.4. The van der Waals surface area contributed by atoms with Gasteiger partial charge in [0.15, 0.2) is 0 Å². The highest BCUT2D eigenvalue weighted by molar-refractivity contribution is 5.79. The molecule has 1 aliphatic heterocycles. The Morgan fingerprint density at radius 2 is 1.38 bits per heavy atom. The van der Waals surface area contributed by atoms with Crippen LogP contribution in [0.15, 0.2) is 110 Å². The summed E-state index contributed by atoms with van der Waals surface area (Å²) >= 11 is 0. The van der Waals surface area contributed by atoms with Crippen LogP contribution in [0.5, 0.6) is 0 Å². The number of carbonyl (C=O) groups is 1. The summed E-state index contributed by atoms with van der Waals surface area (Å²) in [5.41, 5.74) is 1.57. The van der Waals surface area contributed by atoms with Crippen LogP contribution in [0.2, 0.25) is 0 Å². The third-order valence-corrected chi connectivity index (χ3v) is 6.92. The molecule has 7 heteroatoms. The fraction of sp³-hybridized carbons (Fsp3) is 0.233. The zero-order chi connectivity index (χ0) is 25.5. The van der Waals surface area contributed by atoms with E-state index in [2.05, 4.69) is 37.2 Å². The first-order valence-corrected chi connectivity index (χ1v) is 12.5. The highest BCUT2D eigenvalue weighted by atomic mass is 16.3. The van der Waals surface area contributed by atoms with Gasteiger partial charge >= 0.3 is 0 Å². The summed E-state index contributed by atoms with van der Waals surface area (Å²) in [6.07, 6.45) is 6.60. The van der Waals surface area contributed by atoms with Crippen LogP contribution in [0, 0.1) is 0 Å². The topological polar surface area (TPSA) is 81.6 Å². The molecule has 7 nitrogen and oxygen atoms in total. The van der Waals surface area contributed by atoms with E-state index in [4.69, 9.17) is 0 Å². The number of amides is 1.